The third-order valence-corrected chi connectivity index (χ3v) is 5.10. The lowest BCUT2D eigenvalue weighted by atomic mass is 9.78. The van der Waals surface area contributed by atoms with Crippen LogP contribution >= 0.6 is 0 Å². The maximum Gasteiger partial charge on any atom is -0.0162 e. The topological polar surface area (TPSA) is 0 Å². The van der Waals surface area contributed by atoms with Crippen LogP contribution in [0.4, 0.5) is 0 Å². The van der Waals surface area contributed by atoms with E-state index in [1.54, 1.807) is 0 Å². The van der Waals surface area contributed by atoms with Crippen LogP contribution in [0.5, 0.6) is 0 Å². The largest absolute Gasteiger partial charge is 0.103 e. The highest BCUT2D eigenvalue weighted by atomic mass is 14.2. The first-order valence-electron chi connectivity index (χ1n) is 8.60. The molecule has 0 radical (unpaired) electrons. The van der Waals surface area contributed by atoms with E-state index in [4.69, 9.17) is 0 Å². The Morgan fingerprint density at radius 2 is 1.36 bits per heavy atom. The first-order valence-corrected chi connectivity index (χ1v) is 8.60. The van der Waals surface area contributed by atoms with E-state index >= 15 is 0 Å². The summed E-state index contributed by atoms with van der Waals surface area (Å²) < 4.78 is 0. The van der Waals surface area contributed by atoms with Crippen molar-refractivity contribution in [3.63, 3.8) is 0 Å². The van der Waals surface area contributed by atoms with Crippen molar-refractivity contribution in [1.29, 1.82) is 0 Å². The highest BCUT2D eigenvalue weighted by Gasteiger charge is 2.20. The van der Waals surface area contributed by atoms with Crippen molar-refractivity contribution in [2.45, 2.75) is 44.4 Å². The van der Waals surface area contributed by atoms with Crippen LogP contribution in [0, 0.1) is 5.92 Å². The van der Waals surface area contributed by atoms with E-state index in [-0.39, 0.29) is 0 Å². The molecule has 0 heterocycles. The van der Waals surface area contributed by atoms with Gasteiger partial charge in [-0.2, -0.15) is 0 Å². The lowest BCUT2D eigenvalue weighted by molar-refractivity contribution is 0.376. The van der Waals surface area contributed by atoms with E-state index < -0.39 is 0 Å². The molecule has 1 saturated carbocycles. The Labute approximate surface area is 134 Å². The molecule has 1 aliphatic rings. The van der Waals surface area contributed by atoms with Gasteiger partial charge in [0.1, 0.15) is 0 Å². The Morgan fingerprint density at radius 1 is 0.773 bits per heavy atom. The van der Waals surface area contributed by atoms with Gasteiger partial charge in [0.2, 0.25) is 0 Å². The molecule has 0 unspecified atom stereocenters. The first kappa shape index (κ1) is 15.1. The molecule has 1 fully saturated rings. The zero-order valence-corrected chi connectivity index (χ0v) is 13.4. The second-order valence-corrected chi connectivity index (χ2v) is 6.57. The molecule has 1 aliphatic carbocycles. The maximum absolute atomic E-state index is 3.94. The van der Waals surface area contributed by atoms with Crippen molar-refractivity contribution in [3.8, 4) is 0 Å². The Morgan fingerprint density at radius 3 is 1.95 bits per heavy atom. The second-order valence-electron chi connectivity index (χ2n) is 6.57. The zero-order chi connectivity index (χ0) is 15.2. The summed E-state index contributed by atoms with van der Waals surface area (Å²) in [6, 6.07) is 20.1. The van der Waals surface area contributed by atoms with Crippen LogP contribution in [0.25, 0.3) is 0 Å². The van der Waals surface area contributed by atoms with Crippen LogP contribution in [0.2, 0.25) is 0 Å². The molecule has 0 aliphatic heterocycles. The van der Waals surface area contributed by atoms with Gasteiger partial charge in [0.05, 0.1) is 0 Å². The van der Waals surface area contributed by atoms with Crippen molar-refractivity contribution in [3.05, 3.63) is 83.9 Å². The maximum atomic E-state index is 3.94. The highest BCUT2D eigenvalue weighted by Crippen LogP contribution is 2.36. The summed E-state index contributed by atoms with van der Waals surface area (Å²) in [6.45, 7) is 3.94. The smallest absolute Gasteiger partial charge is 0.0162 e. The molecule has 0 atom stereocenters. The molecule has 0 spiro atoms. The molecule has 0 aromatic heterocycles. The molecule has 114 valence electrons. The van der Waals surface area contributed by atoms with Crippen LogP contribution in [-0.2, 0) is 12.8 Å². The molecule has 0 N–H and O–H groups in total. The monoisotopic (exact) mass is 290 g/mol. The summed E-state index contributed by atoms with van der Waals surface area (Å²) >= 11 is 0. The molecule has 0 amide bonds. The number of aryl methyl sites for hydroxylation is 2. The van der Waals surface area contributed by atoms with Gasteiger partial charge in [-0.3, -0.25) is 0 Å². The first-order chi connectivity index (χ1) is 10.8. The van der Waals surface area contributed by atoms with Crippen molar-refractivity contribution in [1.82, 2.24) is 0 Å². The summed E-state index contributed by atoms with van der Waals surface area (Å²) in [7, 11) is 0. The van der Waals surface area contributed by atoms with E-state index in [1.807, 2.05) is 0 Å². The standard InChI is InChI=1S/C22H26/c1-2-18-10-14-21(15-11-18)22-16-12-20(13-17-22)9-8-19-6-4-3-5-7-19/h2-7,12-13,16-18,21H,1,8-11,14-15H2. The van der Waals surface area contributed by atoms with Crippen molar-refractivity contribution in [2.24, 2.45) is 5.92 Å². The summed E-state index contributed by atoms with van der Waals surface area (Å²) in [4.78, 5) is 0. The fourth-order valence-corrected chi connectivity index (χ4v) is 3.58. The van der Waals surface area contributed by atoms with Gasteiger partial charge in [-0.25, -0.2) is 0 Å². The third-order valence-electron chi connectivity index (χ3n) is 5.10. The van der Waals surface area contributed by atoms with Crippen molar-refractivity contribution < 1.29 is 0 Å². The zero-order valence-electron chi connectivity index (χ0n) is 13.4. The van der Waals surface area contributed by atoms with Crippen LogP contribution in [0.3, 0.4) is 0 Å². The molecule has 0 heteroatoms. The predicted octanol–water partition coefficient (Wildman–Crippen LogP) is 5.93. The van der Waals surface area contributed by atoms with Gasteiger partial charge in [0, 0.05) is 0 Å². The van der Waals surface area contributed by atoms with Gasteiger partial charge in [0.25, 0.3) is 0 Å². The SMILES string of the molecule is C=CC1CCC(c2ccc(CCc3ccccc3)cc2)CC1. The van der Waals surface area contributed by atoms with E-state index in [1.165, 1.54) is 42.4 Å². The molecule has 2 aromatic rings. The molecule has 0 nitrogen and oxygen atoms in total. The highest BCUT2D eigenvalue weighted by molar-refractivity contribution is 5.27. The summed E-state index contributed by atoms with van der Waals surface area (Å²) in [5.74, 6) is 1.51. The van der Waals surface area contributed by atoms with Gasteiger partial charge < -0.3 is 0 Å². The average Bonchev–Trinajstić information content (AvgIpc) is 2.61. The number of rotatable bonds is 5. The molecule has 22 heavy (non-hydrogen) atoms. The van der Waals surface area contributed by atoms with E-state index in [0.717, 1.165) is 24.7 Å². The van der Waals surface area contributed by atoms with Gasteiger partial charge in [-0.1, -0.05) is 60.7 Å². The van der Waals surface area contributed by atoms with Gasteiger partial charge >= 0.3 is 0 Å². The number of hydrogen-bond donors (Lipinski definition) is 0. The predicted molar refractivity (Wildman–Crippen MR) is 95.2 cm³/mol. The Hall–Kier alpha value is -1.82. The van der Waals surface area contributed by atoms with Crippen LogP contribution < -0.4 is 0 Å². The molecule has 3 rings (SSSR count). The molecule has 0 saturated heterocycles. The summed E-state index contributed by atoms with van der Waals surface area (Å²) in [5, 5.41) is 0. The number of benzene rings is 2. The fourth-order valence-electron chi connectivity index (χ4n) is 3.58. The van der Waals surface area contributed by atoms with Gasteiger partial charge in [-0.15, -0.1) is 6.58 Å². The summed E-state index contributed by atoms with van der Waals surface area (Å²) in [6.07, 6.45) is 9.66. The molecular weight excluding hydrogens is 264 g/mol. The van der Waals surface area contributed by atoms with E-state index in [9.17, 15) is 0 Å². The number of hydrogen-bond acceptors (Lipinski definition) is 0. The van der Waals surface area contributed by atoms with Crippen LogP contribution in [0.1, 0.15) is 48.3 Å². The molecule has 2 aromatic carbocycles. The van der Waals surface area contributed by atoms with Crippen LogP contribution in [-0.4, -0.2) is 0 Å². The summed E-state index contributed by atoms with van der Waals surface area (Å²) in [5.41, 5.74) is 4.41. The van der Waals surface area contributed by atoms with Crippen molar-refractivity contribution in [2.75, 3.05) is 0 Å². The van der Waals surface area contributed by atoms with Crippen molar-refractivity contribution >= 4 is 0 Å². The normalized spacial score (nSPS) is 21.5. The average molecular weight is 290 g/mol. The fraction of sp³-hybridized carbons (Fsp3) is 0.364. The quantitative estimate of drug-likeness (QED) is 0.598. The van der Waals surface area contributed by atoms with E-state index in [0.29, 0.717) is 0 Å². The van der Waals surface area contributed by atoms with E-state index in [2.05, 4.69) is 67.3 Å². The third kappa shape index (κ3) is 3.88. The minimum Gasteiger partial charge on any atom is -0.103 e. The Balaban J connectivity index is 1.55. The minimum atomic E-state index is 0.751. The number of allylic oxidation sites excluding steroid dienone is 1. The van der Waals surface area contributed by atoms with Gasteiger partial charge in [-0.05, 0) is 67.1 Å². The Bertz CT molecular complexity index is 571. The second kappa shape index (κ2) is 7.45. The Kier molecular flexibility index (Phi) is 5.11. The lowest BCUT2D eigenvalue weighted by Gasteiger charge is -2.27. The van der Waals surface area contributed by atoms with Crippen LogP contribution in [0.15, 0.2) is 67.3 Å². The van der Waals surface area contributed by atoms with Gasteiger partial charge in [0.15, 0.2) is 0 Å². The molecule has 0 bridgehead atoms. The minimum absolute atomic E-state index is 0.751. The lowest BCUT2D eigenvalue weighted by Crippen LogP contribution is -2.11. The molecular formula is C22H26.